The first kappa shape index (κ1) is 14.5. The minimum atomic E-state index is -3.51. The molecule has 1 aliphatic rings. The Labute approximate surface area is 113 Å². The van der Waals surface area contributed by atoms with Crippen molar-refractivity contribution in [3.05, 3.63) is 29.8 Å². The van der Waals surface area contributed by atoms with E-state index in [-0.39, 0.29) is 17.4 Å². The van der Waals surface area contributed by atoms with Gasteiger partial charge in [0.25, 0.3) is 0 Å². The highest BCUT2D eigenvalue weighted by molar-refractivity contribution is 7.89. The molecule has 1 heterocycles. The smallest absolute Gasteiger partial charge is 0.240 e. The van der Waals surface area contributed by atoms with Gasteiger partial charge in [0.15, 0.2) is 0 Å². The molecule has 6 heteroatoms. The normalized spacial score (nSPS) is 20.4. The Kier molecular flexibility index (Phi) is 4.93. The highest BCUT2D eigenvalue weighted by atomic mass is 32.2. The van der Waals surface area contributed by atoms with Crippen LogP contribution in [0.1, 0.15) is 18.4 Å². The second kappa shape index (κ2) is 6.47. The van der Waals surface area contributed by atoms with Crippen LogP contribution in [0.4, 0.5) is 0 Å². The highest BCUT2D eigenvalue weighted by Gasteiger charge is 2.19. The highest BCUT2D eigenvalue weighted by Crippen LogP contribution is 2.15. The van der Waals surface area contributed by atoms with Gasteiger partial charge in [0, 0.05) is 13.2 Å². The summed E-state index contributed by atoms with van der Waals surface area (Å²) in [6.45, 7) is 1.60. The Balaban J connectivity index is 2.00. The van der Waals surface area contributed by atoms with Gasteiger partial charge in [0.1, 0.15) is 0 Å². The van der Waals surface area contributed by atoms with Crippen molar-refractivity contribution in [2.75, 3.05) is 19.8 Å². The SMILES string of the molecule is O=S(=O)(NCC1CCCOC1)c1cccc(CO)c1. The first-order valence-corrected chi connectivity index (χ1v) is 7.87. The lowest BCUT2D eigenvalue weighted by Crippen LogP contribution is -2.33. The molecule has 1 saturated heterocycles. The molecule has 5 nitrogen and oxygen atoms in total. The predicted molar refractivity (Wildman–Crippen MR) is 71.1 cm³/mol. The lowest BCUT2D eigenvalue weighted by Gasteiger charge is -2.22. The molecule has 1 aromatic rings. The lowest BCUT2D eigenvalue weighted by atomic mass is 10.0. The Morgan fingerprint density at radius 1 is 1.42 bits per heavy atom. The maximum Gasteiger partial charge on any atom is 0.240 e. The maximum atomic E-state index is 12.1. The quantitative estimate of drug-likeness (QED) is 0.842. The third-order valence-electron chi connectivity index (χ3n) is 3.21. The first-order valence-electron chi connectivity index (χ1n) is 6.39. The van der Waals surface area contributed by atoms with Crippen molar-refractivity contribution in [1.29, 1.82) is 0 Å². The molecule has 1 atom stereocenters. The van der Waals surface area contributed by atoms with Crippen LogP contribution < -0.4 is 4.72 Å². The van der Waals surface area contributed by atoms with Gasteiger partial charge >= 0.3 is 0 Å². The van der Waals surface area contributed by atoms with Gasteiger partial charge in [-0.1, -0.05) is 12.1 Å². The van der Waals surface area contributed by atoms with Crippen molar-refractivity contribution in [3.63, 3.8) is 0 Å². The molecule has 2 rings (SSSR count). The predicted octanol–water partition coefficient (Wildman–Crippen LogP) is 0.884. The molecule has 1 aliphatic heterocycles. The molecule has 0 spiro atoms. The zero-order chi connectivity index (χ0) is 13.7. The van der Waals surface area contributed by atoms with Crippen LogP contribution in [0.15, 0.2) is 29.2 Å². The van der Waals surface area contributed by atoms with Crippen LogP contribution in [0.3, 0.4) is 0 Å². The minimum absolute atomic E-state index is 0.167. The first-order chi connectivity index (χ1) is 9.12. The van der Waals surface area contributed by atoms with E-state index in [4.69, 9.17) is 9.84 Å². The van der Waals surface area contributed by atoms with E-state index in [9.17, 15) is 8.42 Å². The number of aliphatic hydroxyl groups is 1. The average Bonchev–Trinajstić information content (AvgIpc) is 2.46. The Morgan fingerprint density at radius 2 is 2.26 bits per heavy atom. The second-order valence-electron chi connectivity index (χ2n) is 4.74. The van der Waals surface area contributed by atoms with Crippen molar-refractivity contribution in [2.24, 2.45) is 5.92 Å². The fourth-order valence-corrected chi connectivity index (χ4v) is 3.28. The molecule has 0 bridgehead atoms. The standard InChI is InChI=1S/C13H19NO4S/c15-9-11-3-1-5-13(7-11)19(16,17)14-8-12-4-2-6-18-10-12/h1,3,5,7,12,14-15H,2,4,6,8-10H2. The molecular weight excluding hydrogens is 266 g/mol. The fourth-order valence-electron chi connectivity index (χ4n) is 2.09. The van der Waals surface area contributed by atoms with Crippen LogP contribution in [0.2, 0.25) is 0 Å². The number of hydrogen-bond donors (Lipinski definition) is 2. The van der Waals surface area contributed by atoms with E-state index in [1.807, 2.05) is 0 Å². The van der Waals surface area contributed by atoms with Crippen LogP contribution in [0.25, 0.3) is 0 Å². The summed E-state index contributed by atoms with van der Waals surface area (Å²) in [5.74, 6) is 0.240. The number of benzene rings is 1. The average molecular weight is 285 g/mol. The summed E-state index contributed by atoms with van der Waals surface area (Å²) in [5.41, 5.74) is 0.587. The number of aliphatic hydroxyl groups excluding tert-OH is 1. The zero-order valence-corrected chi connectivity index (χ0v) is 11.5. The zero-order valence-electron chi connectivity index (χ0n) is 10.7. The summed E-state index contributed by atoms with van der Waals surface area (Å²) >= 11 is 0. The molecule has 106 valence electrons. The Morgan fingerprint density at radius 3 is 2.95 bits per heavy atom. The van der Waals surface area contributed by atoms with Crippen LogP contribution in [0, 0.1) is 5.92 Å². The van der Waals surface area contributed by atoms with E-state index < -0.39 is 10.0 Å². The molecule has 1 unspecified atom stereocenters. The summed E-state index contributed by atoms with van der Waals surface area (Å²) in [6.07, 6.45) is 1.96. The monoisotopic (exact) mass is 285 g/mol. The summed E-state index contributed by atoms with van der Waals surface area (Å²) in [6, 6.07) is 6.33. The number of rotatable bonds is 5. The summed E-state index contributed by atoms with van der Waals surface area (Å²) < 4.78 is 32.1. The van der Waals surface area contributed by atoms with Gasteiger partial charge in [-0.15, -0.1) is 0 Å². The second-order valence-corrected chi connectivity index (χ2v) is 6.51. The molecular formula is C13H19NO4S. The van der Waals surface area contributed by atoms with E-state index in [1.54, 1.807) is 12.1 Å². The van der Waals surface area contributed by atoms with Crippen molar-refractivity contribution in [1.82, 2.24) is 4.72 Å². The third kappa shape index (κ3) is 4.01. The maximum absolute atomic E-state index is 12.1. The van der Waals surface area contributed by atoms with E-state index in [0.717, 1.165) is 19.4 Å². The molecule has 19 heavy (non-hydrogen) atoms. The lowest BCUT2D eigenvalue weighted by molar-refractivity contribution is 0.0568. The van der Waals surface area contributed by atoms with Gasteiger partial charge in [-0.2, -0.15) is 0 Å². The van der Waals surface area contributed by atoms with Gasteiger partial charge in [-0.05, 0) is 36.5 Å². The number of ether oxygens (including phenoxy) is 1. The van der Waals surface area contributed by atoms with Gasteiger partial charge in [0.05, 0.1) is 18.1 Å². The Hall–Kier alpha value is -0.950. The number of hydrogen-bond acceptors (Lipinski definition) is 4. The number of nitrogens with one attached hydrogen (secondary N) is 1. The van der Waals surface area contributed by atoms with E-state index in [2.05, 4.69) is 4.72 Å². The van der Waals surface area contributed by atoms with Crippen molar-refractivity contribution in [3.8, 4) is 0 Å². The molecule has 0 aliphatic carbocycles. The van der Waals surface area contributed by atoms with Crippen molar-refractivity contribution < 1.29 is 18.3 Å². The van der Waals surface area contributed by atoms with E-state index in [0.29, 0.717) is 18.7 Å². The topological polar surface area (TPSA) is 75.6 Å². The summed E-state index contributed by atoms with van der Waals surface area (Å²) in [4.78, 5) is 0.191. The number of sulfonamides is 1. The molecule has 0 radical (unpaired) electrons. The van der Waals surface area contributed by atoms with Crippen LogP contribution >= 0.6 is 0 Å². The largest absolute Gasteiger partial charge is 0.392 e. The van der Waals surface area contributed by atoms with Gasteiger partial charge < -0.3 is 9.84 Å². The molecule has 0 saturated carbocycles. The van der Waals surface area contributed by atoms with Crippen LogP contribution in [-0.4, -0.2) is 33.3 Å². The van der Waals surface area contributed by atoms with Gasteiger partial charge in [-0.3, -0.25) is 0 Å². The molecule has 1 aromatic carbocycles. The Bertz CT molecular complexity index is 509. The van der Waals surface area contributed by atoms with Crippen LogP contribution in [-0.2, 0) is 21.4 Å². The summed E-state index contributed by atoms with van der Waals surface area (Å²) in [7, 11) is -3.51. The van der Waals surface area contributed by atoms with Crippen molar-refractivity contribution in [2.45, 2.75) is 24.3 Å². The van der Waals surface area contributed by atoms with E-state index in [1.165, 1.54) is 12.1 Å². The van der Waals surface area contributed by atoms with Gasteiger partial charge in [-0.25, -0.2) is 13.1 Å². The summed E-state index contributed by atoms with van der Waals surface area (Å²) in [5, 5.41) is 9.03. The fraction of sp³-hybridized carbons (Fsp3) is 0.538. The minimum Gasteiger partial charge on any atom is -0.392 e. The molecule has 1 fully saturated rings. The molecule has 0 aromatic heterocycles. The van der Waals surface area contributed by atoms with E-state index >= 15 is 0 Å². The van der Waals surface area contributed by atoms with Gasteiger partial charge in [0.2, 0.25) is 10.0 Å². The molecule has 2 N–H and O–H groups in total. The third-order valence-corrected chi connectivity index (χ3v) is 4.63. The van der Waals surface area contributed by atoms with Crippen LogP contribution in [0.5, 0.6) is 0 Å². The van der Waals surface area contributed by atoms with Crippen molar-refractivity contribution >= 4 is 10.0 Å². The molecule has 0 amide bonds.